The Kier molecular flexibility index (Phi) is 5.71. The average molecular weight is 354 g/mol. The highest BCUT2D eigenvalue weighted by Crippen LogP contribution is 2.27. The lowest BCUT2D eigenvalue weighted by atomic mass is 10.0. The third-order valence-electron chi connectivity index (χ3n) is 4.65. The van der Waals surface area contributed by atoms with Crippen LogP contribution in [0.1, 0.15) is 45.2 Å². The molecule has 6 heteroatoms. The van der Waals surface area contributed by atoms with Gasteiger partial charge >= 0.3 is 6.09 Å². The molecule has 3 rings (SSSR count). The molecule has 1 amide bonds. The zero-order valence-electron chi connectivity index (χ0n) is 15.6. The van der Waals surface area contributed by atoms with Gasteiger partial charge in [0.1, 0.15) is 12.4 Å². The van der Waals surface area contributed by atoms with Gasteiger partial charge in [-0.05, 0) is 24.0 Å². The predicted octanol–water partition coefficient (Wildman–Crippen LogP) is 4.41. The van der Waals surface area contributed by atoms with Crippen molar-refractivity contribution in [1.82, 2.24) is 9.97 Å². The Morgan fingerprint density at radius 1 is 1.27 bits per heavy atom. The highest BCUT2D eigenvalue weighted by molar-refractivity contribution is 5.89. The van der Waals surface area contributed by atoms with Crippen LogP contribution in [0.5, 0.6) is 0 Å². The Morgan fingerprint density at radius 2 is 2.04 bits per heavy atom. The summed E-state index contributed by atoms with van der Waals surface area (Å²) in [6, 6.07) is 12.1. The zero-order valence-corrected chi connectivity index (χ0v) is 15.6. The summed E-state index contributed by atoms with van der Waals surface area (Å²) in [7, 11) is 0. The van der Waals surface area contributed by atoms with Gasteiger partial charge in [-0.2, -0.15) is 4.98 Å². The van der Waals surface area contributed by atoms with Crippen LogP contribution in [-0.4, -0.2) is 28.7 Å². The molecule has 1 saturated heterocycles. The van der Waals surface area contributed by atoms with Gasteiger partial charge < -0.3 is 10.1 Å². The Bertz CT molecular complexity index is 736. The number of carbonyl (C=O) groups is 1. The first-order valence-electron chi connectivity index (χ1n) is 9.20. The minimum Gasteiger partial charge on any atom is -0.447 e. The second-order valence-electron chi connectivity index (χ2n) is 6.89. The second kappa shape index (κ2) is 8.17. The number of benzene rings is 1. The first-order chi connectivity index (χ1) is 12.6. The largest absolute Gasteiger partial charge is 0.447 e. The molecule has 1 aliphatic rings. The number of nitrogens with zero attached hydrogens (tertiary/aromatic N) is 3. The molecule has 1 fully saturated rings. The molecular weight excluding hydrogens is 328 g/mol. The summed E-state index contributed by atoms with van der Waals surface area (Å²) >= 11 is 0. The van der Waals surface area contributed by atoms with Gasteiger partial charge in [-0.25, -0.2) is 9.78 Å². The summed E-state index contributed by atoms with van der Waals surface area (Å²) in [5.41, 5.74) is 1.20. The fraction of sp³-hybridized carbons (Fsp3) is 0.450. The van der Waals surface area contributed by atoms with Crippen LogP contribution < -0.4 is 10.2 Å². The number of rotatable bonds is 7. The maximum Gasteiger partial charge on any atom is 0.415 e. The lowest BCUT2D eigenvalue weighted by Gasteiger charge is -2.24. The monoisotopic (exact) mass is 354 g/mol. The number of amides is 1. The number of cyclic esters (lactones) is 1. The lowest BCUT2D eigenvalue weighted by Crippen LogP contribution is -2.37. The molecule has 0 saturated carbocycles. The molecule has 0 unspecified atom stereocenters. The van der Waals surface area contributed by atoms with Crippen molar-refractivity contribution >= 4 is 17.9 Å². The third kappa shape index (κ3) is 3.95. The molecule has 26 heavy (non-hydrogen) atoms. The van der Waals surface area contributed by atoms with Crippen LogP contribution in [0.25, 0.3) is 0 Å². The predicted molar refractivity (Wildman–Crippen MR) is 102 cm³/mol. The standard InChI is InChI=1S/C20H26N4O2/c1-4-8-16(15-9-6-5-7-10-15)22-19-21-12-11-18(23-19)24-17(14(2)3)13-26-20(24)25/h5-7,9-12,14,16-17H,4,8,13H2,1-3H3,(H,21,22,23)/t16-,17+/m0/s1. The molecule has 6 nitrogen and oxygen atoms in total. The Labute approximate surface area is 154 Å². The molecule has 2 aromatic rings. The lowest BCUT2D eigenvalue weighted by molar-refractivity contribution is 0.177. The van der Waals surface area contributed by atoms with Gasteiger partial charge in [-0.15, -0.1) is 0 Å². The van der Waals surface area contributed by atoms with E-state index >= 15 is 0 Å². The minimum atomic E-state index is -0.346. The number of hydrogen-bond donors (Lipinski definition) is 1. The van der Waals surface area contributed by atoms with Crippen LogP contribution >= 0.6 is 0 Å². The van der Waals surface area contributed by atoms with Crippen molar-refractivity contribution in [3.63, 3.8) is 0 Å². The SMILES string of the molecule is CCC[C@H](Nc1nccc(N2C(=O)OC[C@@H]2C(C)C)n1)c1ccccc1. The molecule has 0 radical (unpaired) electrons. The molecule has 1 N–H and O–H groups in total. The summed E-state index contributed by atoms with van der Waals surface area (Å²) in [5.74, 6) is 1.38. The van der Waals surface area contributed by atoms with E-state index in [4.69, 9.17) is 4.74 Å². The zero-order chi connectivity index (χ0) is 18.5. The summed E-state index contributed by atoms with van der Waals surface area (Å²) in [5, 5.41) is 3.42. The molecule has 0 aliphatic carbocycles. The minimum absolute atomic E-state index is 0.00851. The molecule has 1 aromatic carbocycles. The fourth-order valence-corrected chi connectivity index (χ4v) is 3.20. The number of anilines is 2. The summed E-state index contributed by atoms with van der Waals surface area (Å²) in [4.78, 5) is 22.7. The second-order valence-corrected chi connectivity index (χ2v) is 6.89. The van der Waals surface area contributed by atoms with Gasteiger partial charge in [-0.1, -0.05) is 57.5 Å². The van der Waals surface area contributed by atoms with E-state index in [9.17, 15) is 4.79 Å². The van der Waals surface area contributed by atoms with Gasteiger partial charge in [0.15, 0.2) is 0 Å². The van der Waals surface area contributed by atoms with Crippen LogP contribution in [0.3, 0.4) is 0 Å². The van der Waals surface area contributed by atoms with Crippen molar-refractivity contribution in [2.75, 3.05) is 16.8 Å². The highest BCUT2D eigenvalue weighted by atomic mass is 16.6. The number of ether oxygens (including phenoxy) is 1. The van der Waals surface area contributed by atoms with Crippen molar-refractivity contribution in [2.24, 2.45) is 5.92 Å². The van der Waals surface area contributed by atoms with Crippen molar-refractivity contribution in [2.45, 2.75) is 45.7 Å². The molecule has 138 valence electrons. The number of nitrogens with one attached hydrogen (secondary N) is 1. The highest BCUT2D eigenvalue weighted by Gasteiger charge is 2.37. The van der Waals surface area contributed by atoms with Gasteiger partial charge in [0.05, 0.1) is 12.1 Å². The average Bonchev–Trinajstić information content (AvgIpc) is 3.04. The quantitative estimate of drug-likeness (QED) is 0.797. The van der Waals surface area contributed by atoms with E-state index in [0.29, 0.717) is 18.4 Å². The van der Waals surface area contributed by atoms with E-state index in [2.05, 4.69) is 48.2 Å². The maximum atomic E-state index is 12.2. The van der Waals surface area contributed by atoms with Gasteiger partial charge in [0.2, 0.25) is 5.95 Å². The summed E-state index contributed by atoms with van der Waals surface area (Å²) in [6.07, 6.45) is 3.35. The smallest absolute Gasteiger partial charge is 0.415 e. The molecule has 1 aliphatic heterocycles. The summed E-state index contributed by atoms with van der Waals surface area (Å²) in [6.45, 7) is 6.70. The van der Waals surface area contributed by atoms with E-state index in [1.54, 1.807) is 17.2 Å². The van der Waals surface area contributed by atoms with E-state index in [1.807, 2.05) is 18.2 Å². The van der Waals surface area contributed by atoms with Gasteiger partial charge in [0.25, 0.3) is 0 Å². The third-order valence-corrected chi connectivity index (χ3v) is 4.65. The van der Waals surface area contributed by atoms with Crippen molar-refractivity contribution in [3.8, 4) is 0 Å². The van der Waals surface area contributed by atoms with Crippen LogP contribution in [0.2, 0.25) is 0 Å². The van der Waals surface area contributed by atoms with Crippen molar-refractivity contribution in [3.05, 3.63) is 48.2 Å². The van der Waals surface area contributed by atoms with Crippen LogP contribution in [-0.2, 0) is 4.74 Å². The summed E-state index contributed by atoms with van der Waals surface area (Å²) < 4.78 is 5.23. The van der Waals surface area contributed by atoms with E-state index in [0.717, 1.165) is 12.8 Å². The van der Waals surface area contributed by atoms with E-state index < -0.39 is 0 Å². The first-order valence-corrected chi connectivity index (χ1v) is 9.20. The van der Waals surface area contributed by atoms with E-state index in [1.165, 1.54) is 5.56 Å². The van der Waals surface area contributed by atoms with Crippen molar-refractivity contribution < 1.29 is 9.53 Å². The molecule has 0 bridgehead atoms. The number of carbonyl (C=O) groups excluding carboxylic acids is 1. The number of aromatic nitrogens is 2. The fourth-order valence-electron chi connectivity index (χ4n) is 3.20. The molecule has 1 aromatic heterocycles. The normalized spacial score (nSPS) is 18.1. The van der Waals surface area contributed by atoms with E-state index in [-0.39, 0.29) is 24.1 Å². The Balaban J connectivity index is 1.83. The molecule has 2 atom stereocenters. The van der Waals surface area contributed by atoms with Crippen LogP contribution in [0.4, 0.5) is 16.6 Å². The molecular formula is C20H26N4O2. The maximum absolute atomic E-state index is 12.2. The molecule has 2 heterocycles. The first kappa shape index (κ1) is 18.2. The number of hydrogen-bond acceptors (Lipinski definition) is 5. The molecule has 0 spiro atoms. The Morgan fingerprint density at radius 3 is 2.73 bits per heavy atom. The van der Waals surface area contributed by atoms with Crippen LogP contribution in [0, 0.1) is 5.92 Å². The van der Waals surface area contributed by atoms with Gasteiger partial charge in [0, 0.05) is 6.20 Å². The van der Waals surface area contributed by atoms with Gasteiger partial charge in [-0.3, -0.25) is 4.90 Å². The van der Waals surface area contributed by atoms with Crippen molar-refractivity contribution in [1.29, 1.82) is 0 Å². The van der Waals surface area contributed by atoms with Crippen LogP contribution in [0.15, 0.2) is 42.6 Å². The Hall–Kier alpha value is -2.63. The topological polar surface area (TPSA) is 67.4 Å².